The SMILES string of the molecule is CSCCC1NC2(C(=O)Nc3ccc(C)cc32)C2C(=O)N(C(C)(C)C)C(=O)C12. The Morgan fingerprint density at radius 2 is 1.89 bits per heavy atom. The largest absolute Gasteiger partial charge is 0.324 e. The fourth-order valence-corrected chi connectivity index (χ4v) is 5.56. The van der Waals surface area contributed by atoms with Gasteiger partial charge in [-0.3, -0.25) is 24.6 Å². The van der Waals surface area contributed by atoms with E-state index in [4.69, 9.17) is 0 Å². The standard InChI is InChI=1S/C21H27N3O3S/c1-11-6-7-13-12(10-11)21(19(27)22-13)16-15(14(23-21)8-9-28-5)17(25)24(18(16)26)20(2,3)4/h6-7,10,14-16,23H,8-9H2,1-5H3,(H,22,27). The number of hydrogen-bond donors (Lipinski definition) is 2. The fraction of sp³-hybridized carbons (Fsp3) is 0.571. The number of rotatable bonds is 3. The predicted octanol–water partition coefficient (Wildman–Crippen LogP) is 2.27. The number of amides is 3. The summed E-state index contributed by atoms with van der Waals surface area (Å²) in [5, 5.41) is 6.42. The zero-order valence-corrected chi connectivity index (χ0v) is 17.8. The van der Waals surface area contributed by atoms with Crippen LogP contribution in [0.1, 0.15) is 38.3 Å². The van der Waals surface area contributed by atoms with Crippen LogP contribution < -0.4 is 10.6 Å². The van der Waals surface area contributed by atoms with Crippen LogP contribution in [0, 0.1) is 18.8 Å². The number of nitrogens with one attached hydrogen (secondary N) is 2. The van der Waals surface area contributed by atoms with E-state index in [1.54, 1.807) is 11.8 Å². The van der Waals surface area contributed by atoms with Crippen LogP contribution in [0.5, 0.6) is 0 Å². The van der Waals surface area contributed by atoms with Crippen LogP contribution in [0.4, 0.5) is 5.69 Å². The average molecular weight is 402 g/mol. The van der Waals surface area contributed by atoms with Crippen molar-refractivity contribution in [2.24, 2.45) is 11.8 Å². The average Bonchev–Trinajstić information content (AvgIpc) is 3.18. The van der Waals surface area contributed by atoms with Gasteiger partial charge in [-0.2, -0.15) is 11.8 Å². The molecule has 4 rings (SSSR count). The zero-order valence-electron chi connectivity index (χ0n) is 17.0. The summed E-state index contributed by atoms with van der Waals surface area (Å²) in [7, 11) is 0. The Hall–Kier alpha value is -1.86. The molecule has 0 radical (unpaired) electrons. The van der Waals surface area contributed by atoms with E-state index in [1.165, 1.54) is 4.90 Å². The molecule has 0 aromatic heterocycles. The Labute approximate surface area is 169 Å². The lowest BCUT2D eigenvalue weighted by atomic mass is 9.76. The van der Waals surface area contributed by atoms with Gasteiger partial charge < -0.3 is 5.32 Å². The lowest BCUT2D eigenvalue weighted by Crippen LogP contribution is -2.55. The van der Waals surface area contributed by atoms with Gasteiger partial charge in [-0.15, -0.1) is 0 Å². The minimum atomic E-state index is -1.18. The number of nitrogens with zero attached hydrogens (tertiary/aromatic N) is 1. The van der Waals surface area contributed by atoms with Crippen molar-refractivity contribution in [2.45, 2.75) is 51.2 Å². The van der Waals surface area contributed by atoms with Gasteiger partial charge in [0.2, 0.25) is 17.7 Å². The maximum absolute atomic E-state index is 13.5. The smallest absolute Gasteiger partial charge is 0.250 e. The molecule has 3 amide bonds. The predicted molar refractivity (Wildman–Crippen MR) is 110 cm³/mol. The molecular formula is C21H27N3O3S. The first-order chi connectivity index (χ1) is 13.1. The van der Waals surface area contributed by atoms with Crippen LogP contribution in [0.25, 0.3) is 0 Å². The van der Waals surface area contributed by atoms with E-state index in [0.717, 1.165) is 29.0 Å². The number of aryl methyl sites for hydroxylation is 1. The number of benzene rings is 1. The van der Waals surface area contributed by atoms with Crippen molar-refractivity contribution in [1.29, 1.82) is 0 Å². The zero-order chi connectivity index (χ0) is 20.4. The van der Waals surface area contributed by atoms with Gasteiger partial charge in [0.25, 0.3) is 0 Å². The summed E-state index contributed by atoms with van der Waals surface area (Å²) in [6, 6.07) is 5.58. The second-order valence-electron chi connectivity index (χ2n) is 9.03. The molecule has 4 unspecified atom stereocenters. The summed E-state index contributed by atoms with van der Waals surface area (Å²) in [6.45, 7) is 7.58. The lowest BCUT2D eigenvalue weighted by Gasteiger charge is -2.34. The molecule has 0 bridgehead atoms. The van der Waals surface area contributed by atoms with Crippen molar-refractivity contribution >= 4 is 35.2 Å². The van der Waals surface area contributed by atoms with Crippen molar-refractivity contribution < 1.29 is 14.4 Å². The molecule has 3 aliphatic rings. The van der Waals surface area contributed by atoms with Crippen LogP contribution in [0.2, 0.25) is 0 Å². The third kappa shape index (κ3) is 2.48. The first-order valence-electron chi connectivity index (χ1n) is 9.70. The van der Waals surface area contributed by atoms with Crippen molar-refractivity contribution in [3.8, 4) is 0 Å². The molecule has 150 valence electrons. The van der Waals surface area contributed by atoms with Crippen molar-refractivity contribution in [3.05, 3.63) is 29.3 Å². The summed E-state index contributed by atoms with van der Waals surface area (Å²) in [5.74, 6) is -1.01. The number of carbonyl (C=O) groups excluding carboxylic acids is 3. The fourth-order valence-electron chi connectivity index (χ4n) is 5.07. The van der Waals surface area contributed by atoms with Crippen LogP contribution in [0.15, 0.2) is 18.2 Å². The van der Waals surface area contributed by atoms with Gasteiger partial charge in [0, 0.05) is 22.8 Å². The summed E-state index contributed by atoms with van der Waals surface area (Å²) < 4.78 is 0. The van der Waals surface area contributed by atoms with Crippen molar-refractivity contribution in [2.75, 3.05) is 17.3 Å². The third-order valence-corrected chi connectivity index (χ3v) is 6.82. The molecule has 7 heteroatoms. The molecule has 4 atom stereocenters. The van der Waals surface area contributed by atoms with E-state index < -0.39 is 22.9 Å². The molecule has 2 N–H and O–H groups in total. The Morgan fingerprint density at radius 1 is 1.18 bits per heavy atom. The van der Waals surface area contributed by atoms with E-state index in [0.29, 0.717) is 0 Å². The molecule has 2 fully saturated rings. The summed E-state index contributed by atoms with van der Waals surface area (Å²) >= 11 is 1.70. The van der Waals surface area contributed by atoms with Crippen LogP contribution in [-0.4, -0.2) is 46.2 Å². The van der Waals surface area contributed by atoms with E-state index in [-0.39, 0.29) is 23.8 Å². The highest BCUT2D eigenvalue weighted by Gasteiger charge is 2.71. The van der Waals surface area contributed by atoms with Crippen molar-refractivity contribution in [3.63, 3.8) is 0 Å². The minimum absolute atomic E-state index is 0.160. The van der Waals surface area contributed by atoms with Crippen LogP contribution in [-0.2, 0) is 19.9 Å². The van der Waals surface area contributed by atoms with Gasteiger partial charge in [0.05, 0.1) is 11.8 Å². The van der Waals surface area contributed by atoms with E-state index in [9.17, 15) is 14.4 Å². The van der Waals surface area contributed by atoms with E-state index in [2.05, 4.69) is 10.6 Å². The molecule has 28 heavy (non-hydrogen) atoms. The van der Waals surface area contributed by atoms with Crippen molar-refractivity contribution in [1.82, 2.24) is 10.2 Å². The Kier molecular flexibility index (Phi) is 4.39. The third-order valence-electron chi connectivity index (χ3n) is 6.17. The van der Waals surface area contributed by atoms with E-state index in [1.807, 2.05) is 52.1 Å². The maximum atomic E-state index is 13.5. The topological polar surface area (TPSA) is 78.5 Å². The second-order valence-corrected chi connectivity index (χ2v) is 10.0. The van der Waals surface area contributed by atoms with Gasteiger partial charge in [0.15, 0.2) is 0 Å². The van der Waals surface area contributed by atoms with Crippen LogP contribution >= 0.6 is 11.8 Å². The van der Waals surface area contributed by atoms with Gasteiger partial charge in [-0.1, -0.05) is 17.7 Å². The number of imide groups is 1. The molecular weight excluding hydrogens is 374 g/mol. The minimum Gasteiger partial charge on any atom is -0.324 e. The highest BCUT2D eigenvalue weighted by Crippen LogP contribution is 2.54. The summed E-state index contributed by atoms with van der Waals surface area (Å²) in [4.78, 5) is 41.6. The molecule has 6 nitrogen and oxygen atoms in total. The number of anilines is 1. The molecule has 1 aromatic carbocycles. The highest BCUT2D eigenvalue weighted by molar-refractivity contribution is 7.98. The monoisotopic (exact) mass is 401 g/mol. The number of carbonyl (C=O) groups is 3. The normalized spacial score (nSPS) is 31.5. The van der Waals surface area contributed by atoms with Gasteiger partial charge in [-0.25, -0.2) is 0 Å². The molecule has 1 aromatic rings. The number of likely N-dealkylation sites (tertiary alicyclic amines) is 1. The maximum Gasteiger partial charge on any atom is 0.250 e. The number of thioether (sulfide) groups is 1. The summed E-state index contributed by atoms with van der Waals surface area (Å²) in [6.07, 6.45) is 2.75. The lowest BCUT2D eigenvalue weighted by molar-refractivity contribution is -0.147. The molecule has 0 saturated carbocycles. The van der Waals surface area contributed by atoms with E-state index >= 15 is 0 Å². The first kappa shape index (κ1) is 19.5. The quantitative estimate of drug-likeness (QED) is 0.760. The van der Waals surface area contributed by atoms with Crippen LogP contribution in [0.3, 0.4) is 0 Å². The second kappa shape index (κ2) is 6.32. The number of hydrogen-bond acceptors (Lipinski definition) is 5. The highest BCUT2D eigenvalue weighted by atomic mass is 32.2. The van der Waals surface area contributed by atoms with Gasteiger partial charge >= 0.3 is 0 Å². The molecule has 0 aliphatic carbocycles. The molecule has 3 aliphatic heterocycles. The molecule has 1 spiro atoms. The molecule has 3 heterocycles. The molecule has 2 saturated heterocycles. The first-order valence-corrected chi connectivity index (χ1v) is 11.1. The Morgan fingerprint density at radius 3 is 2.54 bits per heavy atom. The Balaban J connectivity index is 1.89. The van der Waals surface area contributed by atoms with Gasteiger partial charge in [-0.05, 0) is 52.2 Å². The Bertz CT molecular complexity index is 878. The number of fused-ring (bicyclic) bond motifs is 4. The summed E-state index contributed by atoms with van der Waals surface area (Å²) in [5.41, 5.74) is 0.735. The van der Waals surface area contributed by atoms with Gasteiger partial charge in [0.1, 0.15) is 5.54 Å².